The molecule has 0 aromatic carbocycles. The van der Waals surface area contributed by atoms with Gasteiger partial charge in [-0.15, -0.1) is 0 Å². The fourth-order valence-corrected chi connectivity index (χ4v) is 3.52. The summed E-state index contributed by atoms with van der Waals surface area (Å²) in [6.07, 6.45) is 6.74. The van der Waals surface area contributed by atoms with Crippen LogP contribution in [0, 0.1) is 11.8 Å². The molecule has 2 rings (SSSR count). The molecule has 1 aliphatic carbocycles. The molecule has 100 valence electrons. The van der Waals surface area contributed by atoms with E-state index < -0.39 is 0 Å². The minimum absolute atomic E-state index is 0.373. The normalized spacial score (nSPS) is 35.3. The predicted molar refractivity (Wildman–Crippen MR) is 71.1 cm³/mol. The third-order valence-corrected chi connectivity index (χ3v) is 4.50. The van der Waals surface area contributed by atoms with Crippen LogP contribution < -0.4 is 5.32 Å². The number of hydrogen-bond acceptors (Lipinski definition) is 3. The zero-order valence-corrected chi connectivity index (χ0v) is 11.2. The quantitative estimate of drug-likeness (QED) is 0.764. The third-order valence-electron chi connectivity index (χ3n) is 4.50. The minimum Gasteiger partial charge on any atom is -0.396 e. The number of likely N-dealkylation sites (tertiary alicyclic amines) is 1. The lowest BCUT2D eigenvalue weighted by Gasteiger charge is -2.34. The van der Waals surface area contributed by atoms with Crippen LogP contribution in [0.3, 0.4) is 0 Å². The van der Waals surface area contributed by atoms with E-state index in [1.54, 1.807) is 0 Å². The highest BCUT2D eigenvalue weighted by molar-refractivity contribution is 4.85. The first-order chi connectivity index (χ1) is 8.33. The highest BCUT2D eigenvalue weighted by Gasteiger charge is 2.29. The molecule has 3 heteroatoms. The van der Waals surface area contributed by atoms with E-state index in [0.717, 1.165) is 25.0 Å². The zero-order chi connectivity index (χ0) is 12.1. The van der Waals surface area contributed by atoms with Gasteiger partial charge in [-0.25, -0.2) is 0 Å². The van der Waals surface area contributed by atoms with Gasteiger partial charge in [0.05, 0.1) is 0 Å². The minimum atomic E-state index is 0.373. The molecule has 1 heterocycles. The number of hydrogen-bond donors (Lipinski definition) is 2. The highest BCUT2D eigenvalue weighted by Crippen LogP contribution is 2.27. The molecule has 17 heavy (non-hydrogen) atoms. The lowest BCUT2D eigenvalue weighted by atomic mass is 9.84. The number of nitrogens with zero attached hydrogens (tertiary/aromatic N) is 1. The molecule has 3 atom stereocenters. The summed E-state index contributed by atoms with van der Waals surface area (Å²) in [5, 5.41) is 12.8. The first-order valence-corrected chi connectivity index (χ1v) is 7.40. The lowest BCUT2D eigenvalue weighted by molar-refractivity contribution is 0.176. The second-order valence-corrected chi connectivity index (χ2v) is 5.81. The van der Waals surface area contributed by atoms with Gasteiger partial charge >= 0.3 is 0 Å². The van der Waals surface area contributed by atoms with Crippen LogP contribution in [0.25, 0.3) is 0 Å². The molecule has 3 unspecified atom stereocenters. The van der Waals surface area contributed by atoms with Crippen molar-refractivity contribution in [2.45, 2.75) is 45.1 Å². The van der Waals surface area contributed by atoms with Crippen LogP contribution in [0.15, 0.2) is 0 Å². The molecular formula is C14H28N2O. The number of rotatable bonds is 5. The molecule has 1 saturated heterocycles. The van der Waals surface area contributed by atoms with Crippen molar-refractivity contribution in [1.29, 1.82) is 0 Å². The van der Waals surface area contributed by atoms with E-state index in [-0.39, 0.29) is 0 Å². The fourth-order valence-electron chi connectivity index (χ4n) is 3.52. The second-order valence-electron chi connectivity index (χ2n) is 5.81. The van der Waals surface area contributed by atoms with E-state index in [2.05, 4.69) is 17.1 Å². The Labute approximate surface area is 106 Å². The molecule has 2 aliphatic rings. The van der Waals surface area contributed by atoms with Gasteiger partial charge in [0, 0.05) is 25.7 Å². The van der Waals surface area contributed by atoms with Crippen LogP contribution in [-0.4, -0.2) is 48.8 Å². The average Bonchev–Trinajstić information content (AvgIpc) is 2.80. The summed E-state index contributed by atoms with van der Waals surface area (Å²) in [7, 11) is 0. The second kappa shape index (κ2) is 6.72. The van der Waals surface area contributed by atoms with Crippen LogP contribution in [0.4, 0.5) is 0 Å². The molecular weight excluding hydrogens is 212 g/mol. The van der Waals surface area contributed by atoms with E-state index >= 15 is 0 Å². The lowest BCUT2D eigenvalue weighted by Crippen LogP contribution is -2.43. The van der Waals surface area contributed by atoms with Gasteiger partial charge in [-0.1, -0.05) is 19.8 Å². The van der Waals surface area contributed by atoms with Crippen LogP contribution in [0.2, 0.25) is 0 Å². The zero-order valence-electron chi connectivity index (χ0n) is 11.2. The summed E-state index contributed by atoms with van der Waals surface area (Å²) in [5.74, 6) is 1.37. The van der Waals surface area contributed by atoms with E-state index in [9.17, 15) is 5.11 Å². The van der Waals surface area contributed by atoms with Crippen molar-refractivity contribution in [2.75, 3.05) is 32.8 Å². The van der Waals surface area contributed by atoms with Crippen molar-refractivity contribution in [3.63, 3.8) is 0 Å². The van der Waals surface area contributed by atoms with E-state index in [0.29, 0.717) is 12.5 Å². The van der Waals surface area contributed by atoms with Gasteiger partial charge in [0.25, 0.3) is 0 Å². The first kappa shape index (κ1) is 13.3. The molecule has 1 saturated carbocycles. The molecule has 0 bridgehead atoms. The summed E-state index contributed by atoms with van der Waals surface area (Å²) in [6.45, 7) is 7.24. The Morgan fingerprint density at radius 2 is 2.06 bits per heavy atom. The Morgan fingerprint density at radius 1 is 1.24 bits per heavy atom. The summed E-state index contributed by atoms with van der Waals surface area (Å²) in [6, 6.07) is 0.738. The largest absolute Gasteiger partial charge is 0.396 e. The monoisotopic (exact) mass is 240 g/mol. The molecule has 3 nitrogen and oxygen atoms in total. The van der Waals surface area contributed by atoms with Crippen molar-refractivity contribution >= 4 is 0 Å². The Kier molecular flexibility index (Phi) is 5.26. The van der Waals surface area contributed by atoms with Crippen LogP contribution >= 0.6 is 0 Å². The predicted octanol–water partition coefficient (Wildman–Crippen LogP) is 1.47. The average molecular weight is 240 g/mol. The van der Waals surface area contributed by atoms with Gasteiger partial charge in [-0.3, -0.25) is 0 Å². The Hall–Kier alpha value is -0.120. The van der Waals surface area contributed by atoms with E-state index in [1.807, 2.05) is 0 Å². The molecule has 0 spiro atoms. The van der Waals surface area contributed by atoms with Crippen molar-refractivity contribution in [2.24, 2.45) is 11.8 Å². The van der Waals surface area contributed by atoms with Crippen LogP contribution in [0.5, 0.6) is 0 Å². The highest BCUT2D eigenvalue weighted by atomic mass is 16.3. The van der Waals surface area contributed by atoms with Gasteiger partial charge in [-0.2, -0.15) is 0 Å². The van der Waals surface area contributed by atoms with E-state index in [4.69, 9.17) is 0 Å². The van der Waals surface area contributed by atoms with Crippen LogP contribution in [0.1, 0.15) is 39.0 Å². The van der Waals surface area contributed by atoms with Gasteiger partial charge in [0.15, 0.2) is 0 Å². The van der Waals surface area contributed by atoms with Crippen molar-refractivity contribution in [1.82, 2.24) is 10.2 Å². The van der Waals surface area contributed by atoms with Gasteiger partial charge in [0.1, 0.15) is 0 Å². The number of aliphatic hydroxyl groups excluding tert-OH is 1. The summed E-state index contributed by atoms with van der Waals surface area (Å²) < 4.78 is 0. The fraction of sp³-hybridized carbons (Fsp3) is 1.00. The summed E-state index contributed by atoms with van der Waals surface area (Å²) >= 11 is 0. The third kappa shape index (κ3) is 3.67. The maximum Gasteiger partial charge on any atom is 0.0471 e. The number of aliphatic hydroxyl groups is 1. The molecule has 1 aliphatic heterocycles. The topological polar surface area (TPSA) is 35.5 Å². The van der Waals surface area contributed by atoms with Crippen molar-refractivity contribution in [3.05, 3.63) is 0 Å². The standard InChI is InChI=1S/C14H28N2O/c1-2-15-14-6-4-3-5-13(14)10-16-8-7-12(9-16)11-17/h12-15,17H,2-11H2,1H3. The Morgan fingerprint density at radius 3 is 2.76 bits per heavy atom. The molecule has 2 N–H and O–H groups in total. The maximum absolute atomic E-state index is 9.19. The molecule has 0 radical (unpaired) electrons. The number of nitrogens with one attached hydrogen (secondary N) is 1. The summed E-state index contributed by atoms with van der Waals surface area (Å²) in [4.78, 5) is 2.57. The molecule has 0 aromatic rings. The van der Waals surface area contributed by atoms with Gasteiger partial charge in [-0.05, 0) is 44.2 Å². The van der Waals surface area contributed by atoms with Gasteiger partial charge < -0.3 is 15.3 Å². The van der Waals surface area contributed by atoms with Crippen LogP contribution in [-0.2, 0) is 0 Å². The molecule has 2 fully saturated rings. The van der Waals surface area contributed by atoms with E-state index in [1.165, 1.54) is 45.2 Å². The Balaban J connectivity index is 1.79. The SMILES string of the molecule is CCNC1CCCCC1CN1CCC(CO)C1. The van der Waals surface area contributed by atoms with Crippen molar-refractivity contribution in [3.8, 4) is 0 Å². The molecule has 0 amide bonds. The summed E-state index contributed by atoms with van der Waals surface area (Å²) in [5.41, 5.74) is 0. The maximum atomic E-state index is 9.19. The van der Waals surface area contributed by atoms with Crippen molar-refractivity contribution < 1.29 is 5.11 Å². The van der Waals surface area contributed by atoms with Gasteiger partial charge in [0.2, 0.25) is 0 Å². The first-order valence-electron chi connectivity index (χ1n) is 7.40. The smallest absolute Gasteiger partial charge is 0.0471 e. The Bertz CT molecular complexity index is 220. The molecule has 0 aromatic heterocycles.